The molecular weight excluding hydrogens is 627 g/mol. The number of aliphatic hydroxyl groups excluding tert-OH is 2. The van der Waals surface area contributed by atoms with Gasteiger partial charge in [-0.1, -0.05) is 96.0 Å². The van der Waals surface area contributed by atoms with Crippen LogP contribution in [0.2, 0.25) is 10.0 Å². The number of carbonyl (C=O) groups excluding carboxylic acids is 1. The molecule has 8 nitrogen and oxygen atoms in total. The summed E-state index contributed by atoms with van der Waals surface area (Å²) < 4.78 is 4.77. The normalized spacial score (nSPS) is 13.5. The highest BCUT2D eigenvalue weighted by Crippen LogP contribution is 2.24. The van der Waals surface area contributed by atoms with Crippen molar-refractivity contribution in [3.63, 3.8) is 0 Å². The predicted octanol–water partition coefficient (Wildman–Crippen LogP) is 5.90. The van der Waals surface area contributed by atoms with Gasteiger partial charge < -0.3 is 31.5 Å². The number of carbonyl (C=O) groups is 2. The fraction of sp³-hybridized carbons (Fsp3) is 0.278. The first-order valence-corrected chi connectivity index (χ1v) is 15.7. The Morgan fingerprint density at radius 1 is 0.674 bits per heavy atom. The van der Waals surface area contributed by atoms with Crippen molar-refractivity contribution in [1.82, 2.24) is 0 Å². The van der Waals surface area contributed by atoms with Crippen molar-refractivity contribution in [2.24, 2.45) is 11.5 Å². The topological polar surface area (TPSA) is 156 Å². The first-order valence-electron chi connectivity index (χ1n) is 14.9. The van der Waals surface area contributed by atoms with Crippen LogP contribution in [-0.2, 0) is 27.2 Å². The Kier molecular flexibility index (Phi) is 14.7. The molecular formula is C36H40Cl2N2O6. The summed E-state index contributed by atoms with van der Waals surface area (Å²) in [5.41, 5.74) is 18.1. The molecule has 0 unspecified atom stereocenters. The monoisotopic (exact) mass is 666 g/mol. The Morgan fingerprint density at radius 2 is 1.09 bits per heavy atom. The van der Waals surface area contributed by atoms with Crippen molar-refractivity contribution in [2.45, 2.75) is 56.9 Å². The fourth-order valence-corrected chi connectivity index (χ4v) is 5.16. The highest BCUT2D eigenvalue weighted by molar-refractivity contribution is 6.31. The molecule has 0 saturated heterocycles. The van der Waals surface area contributed by atoms with Crippen LogP contribution in [0.1, 0.15) is 30.9 Å². The number of benzene rings is 4. The molecule has 4 aromatic rings. The smallest absolute Gasteiger partial charge is 0.335 e. The van der Waals surface area contributed by atoms with E-state index < -0.39 is 30.2 Å². The SMILES string of the molecule is CCOC(=O)[C@H](O)C[C@H](N)Cc1ccc(-c2cccc(Cl)c2)cc1.N[C@H](Cc1ccc(-c2cccc(Cl)c2)cc1)C[C@@H](O)C(=O)O. The first kappa shape index (κ1) is 36.7. The van der Waals surface area contributed by atoms with E-state index in [2.05, 4.69) is 0 Å². The lowest BCUT2D eigenvalue weighted by Crippen LogP contribution is -2.33. The van der Waals surface area contributed by atoms with E-state index in [1.807, 2.05) is 97.1 Å². The van der Waals surface area contributed by atoms with Crippen LogP contribution in [0.3, 0.4) is 0 Å². The molecule has 0 spiro atoms. The minimum atomic E-state index is -1.42. The zero-order valence-corrected chi connectivity index (χ0v) is 27.1. The highest BCUT2D eigenvalue weighted by Gasteiger charge is 2.20. The molecule has 0 aliphatic heterocycles. The number of aliphatic carboxylic acids is 1. The number of aliphatic hydroxyl groups is 2. The van der Waals surface area contributed by atoms with Gasteiger partial charge >= 0.3 is 11.9 Å². The summed E-state index contributed by atoms with van der Waals surface area (Å²) in [6, 6.07) is 30.4. The fourth-order valence-electron chi connectivity index (χ4n) is 4.78. The van der Waals surface area contributed by atoms with Gasteiger partial charge in [-0.15, -0.1) is 0 Å². The average molecular weight is 668 g/mol. The zero-order chi connectivity index (χ0) is 33.6. The van der Waals surface area contributed by atoms with Crippen molar-refractivity contribution in [3.05, 3.63) is 118 Å². The van der Waals surface area contributed by atoms with Crippen LogP contribution in [0, 0.1) is 0 Å². The molecule has 0 aliphatic carbocycles. The number of hydrogen-bond acceptors (Lipinski definition) is 7. The second kappa shape index (κ2) is 18.4. The molecule has 0 fully saturated rings. The molecule has 0 heterocycles. The summed E-state index contributed by atoms with van der Waals surface area (Å²) >= 11 is 12.0. The van der Waals surface area contributed by atoms with Crippen LogP contribution in [0.15, 0.2) is 97.1 Å². The third kappa shape index (κ3) is 12.2. The molecule has 244 valence electrons. The zero-order valence-electron chi connectivity index (χ0n) is 25.6. The van der Waals surface area contributed by atoms with Gasteiger partial charge in [0, 0.05) is 22.1 Å². The molecule has 4 aromatic carbocycles. The molecule has 4 atom stereocenters. The predicted molar refractivity (Wildman–Crippen MR) is 183 cm³/mol. The average Bonchev–Trinajstić information content (AvgIpc) is 3.02. The van der Waals surface area contributed by atoms with Gasteiger partial charge in [-0.05, 0) is 90.3 Å². The lowest BCUT2D eigenvalue weighted by molar-refractivity contribution is -0.153. The van der Waals surface area contributed by atoms with Crippen molar-refractivity contribution < 1.29 is 29.6 Å². The van der Waals surface area contributed by atoms with Gasteiger partial charge in [0.15, 0.2) is 12.2 Å². The van der Waals surface area contributed by atoms with Gasteiger partial charge in [-0.3, -0.25) is 0 Å². The molecule has 0 saturated carbocycles. The molecule has 0 amide bonds. The molecule has 0 aliphatic rings. The Morgan fingerprint density at radius 3 is 1.46 bits per heavy atom. The van der Waals surface area contributed by atoms with Crippen molar-refractivity contribution in [3.8, 4) is 22.3 Å². The van der Waals surface area contributed by atoms with E-state index >= 15 is 0 Å². The second-order valence-electron chi connectivity index (χ2n) is 10.9. The van der Waals surface area contributed by atoms with E-state index in [1.165, 1.54) is 0 Å². The van der Waals surface area contributed by atoms with Gasteiger partial charge in [0.25, 0.3) is 0 Å². The van der Waals surface area contributed by atoms with Gasteiger partial charge in [0.2, 0.25) is 0 Å². The van der Waals surface area contributed by atoms with E-state index in [1.54, 1.807) is 6.92 Å². The molecule has 0 bridgehead atoms. The van der Waals surface area contributed by atoms with E-state index in [0.29, 0.717) is 22.9 Å². The van der Waals surface area contributed by atoms with E-state index in [0.717, 1.165) is 33.4 Å². The maximum atomic E-state index is 11.4. The van der Waals surface area contributed by atoms with Crippen molar-refractivity contribution >= 4 is 35.1 Å². The molecule has 46 heavy (non-hydrogen) atoms. The van der Waals surface area contributed by atoms with E-state index in [4.69, 9.17) is 44.5 Å². The number of esters is 1. The van der Waals surface area contributed by atoms with Gasteiger partial charge in [-0.2, -0.15) is 0 Å². The summed E-state index contributed by atoms with van der Waals surface area (Å²) in [6.45, 7) is 1.95. The third-order valence-corrected chi connectivity index (χ3v) is 7.59. The first-order chi connectivity index (χ1) is 21.9. The van der Waals surface area contributed by atoms with Crippen LogP contribution in [-0.4, -0.2) is 58.2 Å². The van der Waals surface area contributed by atoms with Gasteiger partial charge in [0.05, 0.1) is 6.61 Å². The number of rotatable bonds is 13. The third-order valence-electron chi connectivity index (χ3n) is 7.12. The van der Waals surface area contributed by atoms with Crippen LogP contribution in [0.4, 0.5) is 0 Å². The summed E-state index contributed by atoms with van der Waals surface area (Å²) in [7, 11) is 0. The number of nitrogens with two attached hydrogens (primary N) is 2. The second-order valence-corrected chi connectivity index (χ2v) is 11.8. The molecule has 0 radical (unpaired) electrons. The summed E-state index contributed by atoms with van der Waals surface area (Å²) in [5, 5.41) is 29.1. The largest absolute Gasteiger partial charge is 0.479 e. The maximum absolute atomic E-state index is 11.4. The van der Waals surface area contributed by atoms with Gasteiger partial charge in [-0.25, -0.2) is 9.59 Å². The van der Waals surface area contributed by atoms with Crippen LogP contribution >= 0.6 is 23.2 Å². The van der Waals surface area contributed by atoms with Crippen LogP contribution in [0.25, 0.3) is 22.3 Å². The van der Waals surface area contributed by atoms with E-state index in [9.17, 15) is 19.8 Å². The number of hydrogen-bond donors (Lipinski definition) is 5. The Bertz CT molecular complexity index is 1550. The summed E-state index contributed by atoms with van der Waals surface area (Å²) in [6.07, 6.45) is -1.29. The molecule has 10 heteroatoms. The van der Waals surface area contributed by atoms with Crippen molar-refractivity contribution in [1.29, 1.82) is 0 Å². The minimum Gasteiger partial charge on any atom is -0.479 e. The number of carboxylic acids is 1. The molecule has 7 N–H and O–H groups in total. The number of ether oxygens (including phenoxy) is 1. The molecule has 0 aromatic heterocycles. The van der Waals surface area contributed by atoms with Crippen LogP contribution < -0.4 is 11.5 Å². The Labute approximate surface area is 279 Å². The standard InChI is InChI=1S/C19H22ClNO3.C17H18ClNO3/c1-2-24-19(23)18(22)12-17(21)10-13-6-8-14(9-7-13)15-4-3-5-16(20)11-15;18-14-3-1-2-13(9-14)12-6-4-11(5-7-12)8-15(19)10-16(20)17(21)22/h3-9,11,17-18,22H,2,10,12,21H2,1H3;1-7,9,15-16,20H,8,10,19H2,(H,21,22)/t17-,18-;15-,16-/m11/s1. The number of halogens is 2. The Hall–Kier alpha value is -3.76. The quantitative estimate of drug-likeness (QED) is 0.110. The lowest BCUT2D eigenvalue weighted by atomic mass is 9.98. The van der Waals surface area contributed by atoms with Crippen molar-refractivity contribution in [2.75, 3.05) is 6.61 Å². The maximum Gasteiger partial charge on any atom is 0.335 e. The van der Waals surface area contributed by atoms with E-state index in [-0.39, 0.29) is 25.5 Å². The number of carboxylic acid groups (broad SMARTS) is 1. The molecule has 4 rings (SSSR count). The summed E-state index contributed by atoms with van der Waals surface area (Å²) in [5.74, 6) is -1.86. The van der Waals surface area contributed by atoms with Gasteiger partial charge in [0.1, 0.15) is 0 Å². The lowest BCUT2D eigenvalue weighted by Gasteiger charge is -2.15. The summed E-state index contributed by atoms with van der Waals surface area (Å²) in [4.78, 5) is 22.0. The highest BCUT2D eigenvalue weighted by atomic mass is 35.5. The minimum absolute atomic E-state index is 0.0331. The Balaban J connectivity index is 0.000000251. The van der Waals surface area contributed by atoms with Crippen LogP contribution in [0.5, 0.6) is 0 Å².